The fourth-order valence-electron chi connectivity index (χ4n) is 2.45. The predicted molar refractivity (Wildman–Crippen MR) is 65.1 cm³/mol. The Kier molecular flexibility index (Phi) is 3.66. The number of aryl methyl sites for hydroxylation is 1. The van der Waals surface area contributed by atoms with Gasteiger partial charge in [0.25, 0.3) is 0 Å². The van der Waals surface area contributed by atoms with E-state index in [0.717, 1.165) is 31.2 Å². The maximum Gasteiger partial charge on any atom is 0.118 e. The minimum absolute atomic E-state index is 0.646. The first-order chi connectivity index (χ1) is 7.69. The van der Waals surface area contributed by atoms with Gasteiger partial charge in [-0.3, -0.25) is 4.90 Å². The molecule has 0 aromatic carbocycles. The highest BCUT2D eigenvalue weighted by atomic mass is 16.3. The summed E-state index contributed by atoms with van der Waals surface area (Å²) < 4.78 is 5.63. The van der Waals surface area contributed by atoms with Crippen molar-refractivity contribution in [3.63, 3.8) is 0 Å². The van der Waals surface area contributed by atoms with Crippen LogP contribution in [0.4, 0.5) is 0 Å². The first-order valence-corrected chi connectivity index (χ1v) is 6.18. The molecule has 1 aliphatic heterocycles. The van der Waals surface area contributed by atoms with Crippen LogP contribution in [0.25, 0.3) is 0 Å². The molecule has 1 aromatic rings. The van der Waals surface area contributed by atoms with Crippen molar-refractivity contribution in [2.45, 2.75) is 39.3 Å². The van der Waals surface area contributed by atoms with E-state index >= 15 is 0 Å². The maximum atomic E-state index is 5.76. The summed E-state index contributed by atoms with van der Waals surface area (Å²) in [6, 6.07) is 4.76. The molecule has 90 valence electrons. The molecule has 0 amide bonds. The quantitative estimate of drug-likeness (QED) is 0.852. The lowest BCUT2D eigenvalue weighted by Crippen LogP contribution is -2.43. The molecule has 1 aliphatic rings. The summed E-state index contributed by atoms with van der Waals surface area (Å²) in [5, 5.41) is 0. The average Bonchev–Trinajstić information content (AvgIpc) is 2.67. The smallest absolute Gasteiger partial charge is 0.118 e. The number of piperidine rings is 1. The summed E-state index contributed by atoms with van der Waals surface area (Å²) in [4.78, 5) is 2.49. The Morgan fingerprint density at radius 1 is 1.44 bits per heavy atom. The second kappa shape index (κ2) is 5.02. The molecule has 0 saturated carbocycles. The van der Waals surface area contributed by atoms with Gasteiger partial charge in [0, 0.05) is 12.6 Å². The van der Waals surface area contributed by atoms with Gasteiger partial charge in [0.15, 0.2) is 0 Å². The number of rotatable bonds is 3. The molecule has 1 aromatic heterocycles. The van der Waals surface area contributed by atoms with Gasteiger partial charge in [0.2, 0.25) is 0 Å². The van der Waals surface area contributed by atoms with Crippen LogP contribution in [0.15, 0.2) is 16.5 Å². The molecule has 3 heteroatoms. The fraction of sp³-hybridized carbons (Fsp3) is 0.692. The normalized spacial score (nSPS) is 27.2. The Hall–Kier alpha value is -0.800. The largest absolute Gasteiger partial charge is 0.465 e. The lowest BCUT2D eigenvalue weighted by atomic mass is 9.93. The molecule has 1 saturated heterocycles. The third kappa shape index (κ3) is 2.66. The lowest BCUT2D eigenvalue weighted by molar-refractivity contribution is 0.105. The van der Waals surface area contributed by atoms with E-state index in [1.807, 2.05) is 13.0 Å². The number of hydrogen-bond acceptors (Lipinski definition) is 3. The molecule has 3 nitrogen and oxygen atoms in total. The van der Waals surface area contributed by atoms with E-state index in [9.17, 15) is 0 Å². The standard InChI is InChI=1S/C13H22N2O/c1-10-3-5-12(7-14)8-15(10)9-13-6-4-11(2)16-13/h4,6,10,12H,3,5,7-9,14H2,1-2H3. The minimum Gasteiger partial charge on any atom is -0.465 e. The Bertz CT molecular complexity index is 334. The lowest BCUT2D eigenvalue weighted by Gasteiger charge is -2.37. The molecular formula is C13H22N2O. The molecule has 2 N–H and O–H groups in total. The Morgan fingerprint density at radius 3 is 2.88 bits per heavy atom. The van der Waals surface area contributed by atoms with Crippen LogP contribution in [0.2, 0.25) is 0 Å². The molecule has 0 aliphatic carbocycles. The van der Waals surface area contributed by atoms with Gasteiger partial charge in [-0.05, 0) is 51.3 Å². The molecule has 2 atom stereocenters. The van der Waals surface area contributed by atoms with Crippen LogP contribution < -0.4 is 5.73 Å². The second-order valence-corrected chi connectivity index (χ2v) is 4.97. The maximum absolute atomic E-state index is 5.76. The van der Waals surface area contributed by atoms with Gasteiger partial charge in [0.05, 0.1) is 6.54 Å². The predicted octanol–water partition coefficient (Wildman–Crippen LogP) is 2.15. The second-order valence-electron chi connectivity index (χ2n) is 4.97. The highest BCUT2D eigenvalue weighted by Crippen LogP contribution is 2.23. The zero-order valence-electron chi connectivity index (χ0n) is 10.3. The summed E-state index contributed by atoms with van der Waals surface area (Å²) >= 11 is 0. The monoisotopic (exact) mass is 222 g/mol. The molecule has 2 rings (SSSR count). The van der Waals surface area contributed by atoms with Gasteiger partial charge in [-0.1, -0.05) is 0 Å². The van der Waals surface area contributed by atoms with Crippen LogP contribution >= 0.6 is 0 Å². The fourth-order valence-corrected chi connectivity index (χ4v) is 2.45. The van der Waals surface area contributed by atoms with E-state index in [1.54, 1.807) is 0 Å². The molecule has 2 heterocycles. The van der Waals surface area contributed by atoms with Gasteiger partial charge in [0.1, 0.15) is 11.5 Å². The summed E-state index contributed by atoms with van der Waals surface area (Å²) in [5.41, 5.74) is 5.76. The van der Waals surface area contributed by atoms with Crippen LogP contribution in [0.1, 0.15) is 31.3 Å². The Labute approximate surface area is 97.6 Å². The first kappa shape index (κ1) is 11.7. The van der Waals surface area contributed by atoms with Crippen LogP contribution in [0.3, 0.4) is 0 Å². The highest BCUT2D eigenvalue weighted by molar-refractivity contribution is 5.05. The van der Waals surface area contributed by atoms with Crippen molar-refractivity contribution < 1.29 is 4.42 Å². The van der Waals surface area contributed by atoms with Crippen molar-refractivity contribution in [2.75, 3.05) is 13.1 Å². The topological polar surface area (TPSA) is 42.4 Å². The van der Waals surface area contributed by atoms with Crippen LogP contribution in [0.5, 0.6) is 0 Å². The number of furan rings is 1. The first-order valence-electron chi connectivity index (χ1n) is 6.18. The van der Waals surface area contributed by atoms with Crippen LogP contribution in [-0.2, 0) is 6.54 Å². The minimum atomic E-state index is 0.646. The van der Waals surface area contributed by atoms with Crippen molar-refractivity contribution in [2.24, 2.45) is 11.7 Å². The molecular weight excluding hydrogens is 200 g/mol. The van der Waals surface area contributed by atoms with Crippen molar-refractivity contribution >= 4 is 0 Å². The zero-order chi connectivity index (χ0) is 11.5. The molecule has 2 unspecified atom stereocenters. The third-order valence-corrected chi connectivity index (χ3v) is 3.60. The van der Waals surface area contributed by atoms with Crippen LogP contribution in [0, 0.1) is 12.8 Å². The van der Waals surface area contributed by atoms with Gasteiger partial charge in [-0.15, -0.1) is 0 Å². The summed E-state index contributed by atoms with van der Waals surface area (Å²) in [7, 11) is 0. The van der Waals surface area contributed by atoms with Gasteiger partial charge >= 0.3 is 0 Å². The van der Waals surface area contributed by atoms with Crippen molar-refractivity contribution in [3.8, 4) is 0 Å². The molecule has 0 spiro atoms. The summed E-state index contributed by atoms with van der Waals surface area (Å²) in [5.74, 6) is 2.73. The number of hydrogen-bond donors (Lipinski definition) is 1. The summed E-state index contributed by atoms with van der Waals surface area (Å²) in [6.45, 7) is 7.12. The SMILES string of the molecule is Cc1ccc(CN2CC(CN)CCC2C)o1. The van der Waals surface area contributed by atoms with E-state index in [4.69, 9.17) is 10.2 Å². The van der Waals surface area contributed by atoms with Gasteiger partial charge in [-0.2, -0.15) is 0 Å². The van der Waals surface area contributed by atoms with Crippen LogP contribution in [-0.4, -0.2) is 24.0 Å². The Morgan fingerprint density at radius 2 is 2.25 bits per heavy atom. The van der Waals surface area contributed by atoms with Crippen molar-refractivity contribution in [1.29, 1.82) is 0 Å². The molecule has 1 fully saturated rings. The molecule has 16 heavy (non-hydrogen) atoms. The zero-order valence-corrected chi connectivity index (χ0v) is 10.3. The van der Waals surface area contributed by atoms with Gasteiger partial charge in [-0.25, -0.2) is 0 Å². The van der Waals surface area contributed by atoms with E-state index in [1.165, 1.54) is 12.8 Å². The number of nitrogens with zero attached hydrogens (tertiary/aromatic N) is 1. The van der Waals surface area contributed by atoms with E-state index < -0.39 is 0 Å². The molecule has 0 bridgehead atoms. The van der Waals surface area contributed by atoms with E-state index in [0.29, 0.717) is 12.0 Å². The number of nitrogens with two attached hydrogens (primary N) is 1. The van der Waals surface area contributed by atoms with E-state index in [2.05, 4.69) is 17.9 Å². The number of likely N-dealkylation sites (tertiary alicyclic amines) is 1. The highest BCUT2D eigenvalue weighted by Gasteiger charge is 2.25. The Balaban J connectivity index is 1.96. The van der Waals surface area contributed by atoms with Crippen molar-refractivity contribution in [1.82, 2.24) is 4.90 Å². The van der Waals surface area contributed by atoms with Crippen molar-refractivity contribution in [3.05, 3.63) is 23.7 Å². The van der Waals surface area contributed by atoms with E-state index in [-0.39, 0.29) is 0 Å². The molecule has 0 radical (unpaired) electrons. The summed E-state index contributed by atoms with van der Waals surface area (Å²) in [6.07, 6.45) is 2.52. The van der Waals surface area contributed by atoms with Gasteiger partial charge < -0.3 is 10.2 Å². The average molecular weight is 222 g/mol. The third-order valence-electron chi connectivity index (χ3n) is 3.60.